The third kappa shape index (κ3) is 47.6. The number of hydrogen-bond donors (Lipinski definition) is 2. The van der Waals surface area contributed by atoms with Crippen molar-refractivity contribution < 1.29 is 37.3 Å². The van der Waals surface area contributed by atoms with Crippen LogP contribution in [0.3, 0.4) is 0 Å². The smallest absolute Gasteiger partial charge is 0.456 e. The molecule has 0 aliphatic carbocycles. The average Bonchev–Trinajstić information content (AvgIpc) is 3.26. The van der Waals surface area contributed by atoms with E-state index in [1.54, 1.807) is 0 Å². The Kier molecular flexibility index (Phi) is 45.6. The summed E-state index contributed by atoms with van der Waals surface area (Å²) in [5.41, 5.74) is 0. The van der Waals surface area contributed by atoms with E-state index in [-0.39, 0.29) is 25.1 Å². The molecular formula is C55H110N2O7P+. The lowest BCUT2D eigenvalue weighted by Crippen LogP contribution is -2.47. The summed E-state index contributed by atoms with van der Waals surface area (Å²) in [6.07, 6.45) is 50.5. The fourth-order valence-electron chi connectivity index (χ4n) is 8.35. The van der Waals surface area contributed by atoms with Crippen LogP contribution in [0.15, 0.2) is 12.2 Å². The highest BCUT2D eigenvalue weighted by molar-refractivity contribution is 7.47. The summed E-state index contributed by atoms with van der Waals surface area (Å²) in [5, 5.41) is 3.05. The zero-order valence-electron chi connectivity index (χ0n) is 44.0. The molecule has 0 aliphatic heterocycles. The minimum absolute atomic E-state index is 0.0454. The number of amides is 1. The van der Waals surface area contributed by atoms with Crippen molar-refractivity contribution in [3.8, 4) is 0 Å². The number of nitrogens with zero attached hydrogens (tertiary/aromatic N) is 1. The fraction of sp³-hybridized carbons (Fsp3) is 0.927. The van der Waals surface area contributed by atoms with Crippen molar-refractivity contribution in [2.24, 2.45) is 0 Å². The van der Waals surface area contributed by atoms with Gasteiger partial charge in [0.15, 0.2) is 0 Å². The maximum absolute atomic E-state index is 13.5. The summed E-state index contributed by atoms with van der Waals surface area (Å²) < 4.78 is 30.6. The molecule has 0 heterocycles. The van der Waals surface area contributed by atoms with Crippen molar-refractivity contribution in [1.29, 1.82) is 0 Å². The lowest BCUT2D eigenvalue weighted by molar-refractivity contribution is -0.870. The summed E-state index contributed by atoms with van der Waals surface area (Å²) in [7, 11) is 1.51. The number of nitrogens with one attached hydrogen (secondary N) is 1. The van der Waals surface area contributed by atoms with E-state index in [0.29, 0.717) is 23.9 Å². The van der Waals surface area contributed by atoms with Gasteiger partial charge in [-0.2, -0.15) is 0 Å². The lowest BCUT2D eigenvalue weighted by atomic mass is 10.0. The maximum Gasteiger partial charge on any atom is 0.472 e. The molecule has 65 heavy (non-hydrogen) atoms. The highest BCUT2D eigenvalue weighted by Gasteiger charge is 2.30. The molecule has 9 nitrogen and oxygen atoms in total. The van der Waals surface area contributed by atoms with Gasteiger partial charge in [0.05, 0.1) is 33.8 Å². The van der Waals surface area contributed by atoms with Crippen LogP contribution in [0.25, 0.3) is 0 Å². The van der Waals surface area contributed by atoms with Gasteiger partial charge in [0.2, 0.25) is 5.91 Å². The highest BCUT2D eigenvalue weighted by atomic mass is 31.2. The summed E-state index contributed by atoms with van der Waals surface area (Å²) in [6, 6.07) is -0.837. The van der Waals surface area contributed by atoms with Gasteiger partial charge in [-0.25, -0.2) is 4.57 Å². The molecule has 3 unspecified atom stereocenters. The van der Waals surface area contributed by atoms with Crippen LogP contribution >= 0.6 is 7.82 Å². The maximum atomic E-state index is 13.5. The lowest BCUT2D eigenvalue weighted by Gasteiger charge is -2.27. The van der Waals surface area contributed by atoms with Crippen LogP contribution in [0.4, 0.5) is 0 Å². The van der Waals surface area contributed by atoms with Crippen LogP contribution in [0.1, 0.15) is 278 Å². The van der Waals surface area contributed by atoms with Gasteiger partial charge in [0.25, 0.3) is 0 Å². The second-order valence-corrected chi connectivity index (χ2v) is 21.9. The number of likely N-dealkylation sites (N-methyl/N-ethyl adjacent to an activating group) is 1. The third-order valence-corrected chi connectivity index (χ3v) is 13.7. The van der Waals surface area contributed by atoms with E-state index in [0.717, 1.165) is 57.8 Å². The molecule has 0 aromatic carbocycles. The first-order valence-corrected chi connectivity index (χ1v) is 29.5. The van der Waals surface area contributed by atoms with Gasteiger partial charge in [-0.3, -0.25) is 18.6 Å². The number of carbonyl (C=O) groups excluding carboxylic acids is 2. The van der Waals surface area contributed by atoms with Crippen molar-refractivity contribution in [1.82, 2.24) is 5.32 Å². The van der Waals surface area contributed by atoms with Crippen molar-refractivity contribution in [3.05, 3.63) is 12.2 Å². The normalized spacial score (nSPS) is 13.9. The van der Waals surface area contributed by atoms with E-state index in [9.17, 15) is 19.0 Å². The number of allylic oxidation sites excluding steroid dienone is 1. The zero-order valence-corrected chi connectivity index (χ0v) is 44.9. The van der Waals surface area contributed by atoms with Gasteiger partial charge < -0.3 is 19.4 Å². The summed E-state index contributed by atoms with van der Waals surface area (Å²) >= 11 is 0. The fourth-order valence-corrected chi connectivity index (χ4v) is 9.09. The van der Waals surface area contributed by atoms with Gasteiger partial charge in [-0.05, 0) is 31.8 Å². The van der Waals surface area contributed by atoms with E-state index in [2.05, 4.69) is 26.1 Å². The van der Waals surface area contributed by atoms with Crippen LogP contribution in [-0.2, 0) is 27.9 Å². The van der Waals surface area contributed by atoms with Crippen molar-refractivity contribution in [2.75, 3.05) is 40.9 Å². The van der Waals surface area contributed by atoms with Crippen LogP contribution in [-0.4, -0.2) is 74.3 Å². The summed E-state index contributed by atoms with van der Waals surface area (Å²) in [4.78, 5) is 37.5. The van der Waals surface area contributed by atoms with Crippen molar-refractivity contribution >= 4 is 19.7 Å². The number of rotatable bonds is 51. The predicted octanol–water partition coefficient (Wildman–Crippen LogP) is 16.4. The Morgan fingerprint density at radius 1 is 0.523 bits per heavy atom. The highest BCUT2D eigenvalue weighted by Crippen LogP contribution is 2.43. The number of phosphoric ester groups is 1. The van der Waals surface area contributed by atoms with Crippen LogP contribution in [0.5, 0.6) is 0 Å². The molecule has 3 atom stereocenters. The minimum Gasteiger partial charge on any atom is -0.456 e. The Balaban J connectivity index is 5.35. The van der Waals surface area contributed by atoms with Gasteiger partial charge >= 0.3 is 13.8 Å². The van der Waals surface area contributed by atoms with Gasteiger partial charge in [-0.1, -0.05) is 245 Å². The zero-order chi connectivity index (χ0) is 48.0. The Hall–Kier alpha value is -1.25. The van der Waals surface area contributed by atoms with E-state index >= 15 is 0 Å². The number of hydrogen-bond acceptors (Lipinski definition) is 6. The Morgan fingerprint density at radius 3 is 1.26 bits per heavy atom. The summed E-state index contributed by atoms with van der Waals surface area (Å²) in [6.45, 7) is 7.03. The van der Waals surface area contributed by atoms with Crippen LogP contribution < -0.4 is 5.32 Å². The number of ether oxygens (including phenoxy) is 1. The van der Waals surface area contributed by atoms with E-state index in [1.165, 1.54) is 186 Å². The molecule has 2 N–H and O–H groups in total. The van der Waals surface area contributed by atoms with Gasteiger partial charge in [0, 0.05) is 12.8 Å². The molecule has 0 fully saturated rings. The van der Waals surface area contributed by atoms with Gasteiger partial charge in [-0.15, -0.1) is 0 Å². The molecule has 386 valence electrons. The first-order chi connectivity index (χ1) is 31.4. The molecule has 0 saturated carbocycles. The first-order valence-electron chi connectivity index (χ1n) is 28.0. The number of phosphoric acid groups is 1. The molecule has 1 amide bonds. The monoisotopic (exact) mass is 942 g/mol. The van der Waals surface area contributed by atoms with Crippen LogP contribution in [0, 0.1) is 0 Å². The molecule has 0 rings (SSSR count). The molecular weight excluding hydrogens is 832 g/mol. The molecule has 0 radical (unpaired) electrons. The molecule has 0 saturated heterocycles. The SMILES string of the molecule is CCCCCCCCCCCC/C=C/C(OC(=O)CCCCCCCCCCCCCCCC)C(COP(=O)(O)OCC[N+](C)(C)C)NC(=O)CCCCCCCCCCCCCCC. The predicted molar refractivity (Wildman–Crippen MR) is 277 cm³/mol. The van der Waals surface area contributed by atoms with E-state index in [1.807, 2.05) is 33.3 Å². The number of carbonyl (C=O) groups is 2. The topological polar surface area (TPSA) is 111 Å². The molecule has 0 aromatic heterocycles. The molecule has 10 heteroatoms. The molecule has 0 aliphatic rings. The number of quaternary nitrogens is 1. The number of unbranched alkanes of at least 4 members (excludes halogenated alkanes) is 35. The molecule has 0 aromatic rings. The second-order valence-electron chi connectivity index (χ2n) is 20.5. The molecule has 0 bridgehead atoms. The van der Waals surface area contributed by atoms with Crippen molar-refractivity contribution in [2.45, 2.75) is 290 Å². The number of esters is 1. The Labute approximate surface area is 403 Å². The van der Waals surface area contributed by atoms with Crippen molar-refractivity contribution in [3.63, 3.8) is 0 Å². The second kappa shape index (κ2) is 46.5. The quantitative estimate of drug-likeness (QED) is 0.0205. The average molecular weight is 942 g/mol. The van der Waals surface area contributed by atoms with E-state index in [4.69, 9.17) is 13.8 Å². The standard InChI is InChI=1S/C55H109N2O7P/c1-7-10-13-16-19-22-25-28-30-33-36-39-42-45-48-55(59)64-53(46-43-40-37-34-31-27-24-21-18-15-12-9-3)52(51-63-65(60,61)62-50-49-57(4,5)6)56-54(58)47-44-41-38-35-32-29-26-23-20-17-14-11-8-2/h43,46,52-53H,7-42,44-45,47-51H2,1-6H3,(H-,56,58,60,61)/p+1/b46-43+. The Bertz CT molecular complexity index is 1130. The summed E-state index contributed by atoms with van der Waals surface area (Å²) in [5.74, 6) is -0.490. The third-order valence-electron chi connectivity index (χ3n) is 12.7. The van der Waals surface area contributed by atoms with Crippen LogP contribution in [0.2, 0.25) is 0 Å². The van der Waals surface area contributed by atoms with Gasteiger partial charge in [0.1, 0.15) is 19.3 Å². The first kappa shape index (κ1) is 63.8. The van der Waals surface area contributed by atoms with E-state index < -0.39 is 20.0 Å². The molecule has 0 spiro atoms. The largest absolute Gasteiger partial charge is 0.472 e. The minimum atomic E-state index is -4.43. The Morgan fingerprint density at radius 2 is 0.877 bits per heavy atom.